The molecule has 0 saturated carbocycles. The lowest BCUT2D eigenvalue weighted by atomic mass is 10.2. The summed E-state index contributed by atoms with van der Waals surface area (Å²) in [4.78, 5) is 24.1. The second-order valence-corrected chi connectivity index (χ2v) is 6.77. The Kier molecular flexibility index (Phi) is 9.20. The Morgan fingerprint density at radius 3 is 2.52 bits per heavy atom. The summed E-state index contributed by atoms with van der Waals surface area (Å²) >= 11 is 10.8. The molecule has 29 heavy (non-hydrogen) atoms. The highest BCUT2D eigenvalue weighted by Gasteiger charge is 2.10. The predicted molar refractivity (Wildman–Crippen MR) is 115 cm³/mol. The minimum absolute atomic E-state index is 0.0489. The van der Waals surface area contributed by atoms with Gasteiger partial charge in [0.2, 0.25) is 0 Å². The van der Waals surface area contributed by atoms with Crippen LogP contribution in [0.25, 0.3) is 0 Å². The fraction of sp³-hybridized carbons (Fsp3) is 0.250. The Bertz CT molecular complexity index is 846. The number of hydrogen-bond donors (Lipinski definition) is 3. The minimum atomic E-state index is -0.470. The van der Waals surface area contributed by atoms with E-state index >= 15 is 0 Å². The van der Waals surface area contributed by atoms with E-state index in [0.29, 0.717) is 28.7 Å². The van der Waals surface area contributed by atoms with Crippen LogP contribution >= 0.6 is 23.8 Å². The van der Waals surface area contributed by atoms with Gasteiger partial charge in [0.25, 0.3) is 11.8 Å². The Balaban J connectivity index is 1.73. The first-order chi connectivity index (χ1) is 14.0. The molecule has 2 amide bonds. The van der Waals surface area contributed by atoms with Crippen molar-refractivity contribution in [3.8, 4) is 11.5 Å². The lowest BCUT2D eigenvalue weighted by molar-refractivity contribution is -0.123. The number of nitrogens with one attached hydrogen (secondary N) is 3. The van der Waals surface area contributed by atoms with Crippen LogP contribution in [0.15, 0.2) is 48.5 Å². The number of amides is 2. The minimum Gasteiger partial charge on any atom is -0.494 e. The number of unbranched alkanes of at least 4 members (excludes halogenated alkanes) is 1. The SMILES string of the molecule is CCCCOc1cccc(C(=O)NC(=S)NNC(=O)COc2ccc(Cl)cc2)c1. The van der Waals surface area contributed by atoms with Gasteiger partial charge < -0.3 is 9.47 Å². The number of rotatable bonds is 8. The van der Waals surface area contributed by atoms with E-state index in [1.165, 1.54) is 0 Å². The number of hydrogen-bond acceptors (Lipinski definition) is 5. The zero-order valence-corrected chi connectivity index (χ0v) is 17.4. The van der Waals surface area contributed by atoms with Crippen molar-refractivity contribution in [2.45, 2.75) is 19.8 Å². The average molecular weight is 436 g/mol. The number of carbonyl (C=O) groups is 2. The summed E-state index contributed by atoms with van der Waals surface area (Å²) in [5.41, 5.74) is 5.19. The Labute approximate surface area is 179 Å². The van der Waals surface area contributed by atoms with E-state index < -0.39 is 11.8 Å². The van der Waals surface area contributed by atoms with E-state index in [-0.39, 0.29) is 11.7 Å². The molecule has 2 rings (SSSR count). The van der Waals surface area contributed by atoms with E-state index in [0.717, 1.165) is 12.8 Å². The van der Waals surface area contributed by atoms with E-state index in [1.807, 2.05) is 0 Å². The Hall–Kier alpha value is -2.84. The lowest BCUT2D eigenvalue weighted by Gasteiger charge is -2.12. The molecule has 9 heteroatoms. The average Bonchev–Trinajstić information content (AvgIpc) is 2.72. The summed E-state index contributed by atoms with van der Waals surface area (Å²) in [6.07, 6.45) is 1.96. The molecule has 0 aromatic heterocycles. The number of carbonyl (C=O) groups excluding carboxylic acids is 2. The van der Waals surface area contributed by atoms with Crippen LogP contribution in [0, 0.1) is 0 Å². The van der Waals surface area contributed by atoms with E-state index in [9.17, 15) is 9.59 Å². The molecule has 0 heterocycles. The summed E-state index contributed by atoms with van der Waals surface area (Å²) in [5.74, 6) is 0.220. The second-order valence-electron chi connectivity index (χ2n) is 5.93. The van der Waals surface area contributed by atoms with Gasteiger partial charge in [-0.25, -0.2) is 0 Å². The van der Waals surface area contributed by atoms with Gasteiger partial charge >= 0.3 is 0 Å². The summed E-state index contributed by atoms with van der Waals surface area (Å²) in [5, 5.41) is 3.00. The molecule has 0 unspecified atom stereocenters. The molecular formula is C20H22ClN3O4S. The number of ether oxygens (including phenoxy) is 2. The summed E-state index contributed by atoms with van der Waals surface area (Å²) in [6.45, 7) is 2.43. The fourth-order valence-corrected chi connectivity index (χ4v) is 2.38. The van der Waals surface area contributed by atoms with Crippen molar-refractivity contribution in [1.29, 1.82) is 0 Å². The normalized spacial score (nSPS) is 10.0. The van der Waals surface area contributed by atoms with Crippen LogP contribution in [0.2, 0.25) is 5.02 Å². The van der Waals surface area contributed by atoms with Crippen molar-refractivity contribution in [3.63, 3.8) is 0 Å². The van der Waals surface area contributed by atoms with Crippen LogP contribution in [0.5, 0.6) is 11.5 Å². The first-order valence-corrected chi connectivity index (χ1v) is 9.78. The molecule has 3 N–H and O–H groups in total. The van der Waals surface area contributed by atoms with Gasteiger partial charge in [-0.15, -0.1) is 0 Å². The van der Waals surface area contributed by atoms with Gasteiger partial charge in [0.05, 0.1) is 6.61 Å². The number of thiocarbonyl (C=S) groups is 1. The molecule has 2 aromatic rings. The Morgan fingerprint density at radius 1 is 1.03 bits per heavy atom. The van der Waals surface area contributed by atoms with Crippen molar-refractivity contribution in [1.82, 2.24) is 16.2 Å². The van der Waals surface area contributed by atoms with Gasteiger partial charge in [-0.3, -0.25) is 25.8 Å². The van der Waals surface area contributed by atoms with Gasteiger partial charge in [-0.05, 0) is 61.1 Å². The van der Waals surface area contributed by atoms with Crippen LogP contribution in [0.3, 0.4) is 0 Å². The molecule has 0 aliphatic heterocycles. The molecule has 154 valence electrons. The van der Waals surface area contributed by atoms with E-state index in [4.69, 9.17) is 33.3 Å². The fourth-order valence-electron chi connectivity index (χ4n) is 2.11. The highest BCUT2D eigenvalue weighted by molar-refractivity contribution is 7.80. The largest absolute Gasteiger partial charge is 0.494 e. The Morgan fingerprint density at radius 2 is 1.79 bits per heavy atom. The highest BCUT2D eigenvalue weighted by atomic mass is 35.5. The van der Waals surface area contributed by atoms with Crippen molar-refractivity contribution < 1.29 is 19.1 Å². The molecule has 2 aromatic carbocycles. The number of halogens is 1. The maximum atomic E-state index is 12.3. The first kappa shape index (κ1) is 22.4. The number of hydrazine groups is 1. The molecule has 7 nitrogen and oxygen atoms in total. The zero-order chi connectivity index (χ0) is 21.1. The molecule has 0 fully saturated rings. The van der Waals surface area contributed by atoms with Crippen molar-refractivity contribution in [2.75, 3.05) is 13.2 Å². The third-order valence-corrected chi connectivity index (χ3v) is 4.05. The third-order valence-electron chi connectivity index (χ3n) is 3.59. The maximum Gasteiger partial charge on any atom is 0.276 e. The van der Waals surface area contributed by atoms with Gasteiger partial charge in [0.15, 0.2) is 11.7 Å². The van der Waals surface area contributed by atoms with Crippen LogP contribution in [-0.4, -0.2) is 30.1 Å². The lowest BCUT2D eigenvalue weighted by Crippen LogP contribution is -2.49. The van der Waals surface area contributed by atoms with Crippen LogP contribution in [-0.2, 0) is 4.79 Å². The standard InChI is InChI=1S/C20H22ClN3O4S/c1-2-3-11-27-17-6-4-5-14(12-17)19(26)22-20(29)24-23-18(25)13-28-16-9-7-15(21)8-10-16/h4-10,12H,2-3,11,13H2,1H3,(H,23,25)(H2,22,24,26,29). The topological polar surface area (TPSA) is 88.7 Å². The predicted octanol–water partition coefficient (Wildman–Crippen LogP) is 3.23. The molecule has 0 aliphatic rings. The van der Waals surface area contributed by atoms with Gasteiger partial charge in [0, 0.05) is 10.6 Å². The van der Waals surface area contributed by atoms with Crippen LogP contribution < -0.4 is 25.6 Å². The third kappa shape index (κ3) is 8.37. The van der Waals surface area contributed by atoms with Gasteiger partial charge in [0.1, 0.15) is 11.5 Å². The molecule has 0 spiro atoms. The molecular weight excluding hydrogens is 414 g/mol. The molecule has 0 saturated heterocycles. The molecule has 0 radical (unpaired) electrons. The van der Waals surface area contributed by atoms with Crippen molar-refractivity contribution >= 4 is 40.7 Å². The maximum absolute atomic E-state index is 12.3. The van der Waals surface area contributed by atoms with Crippen molar-refractivity contribution in [2.24, 2.45) is 0 Å². The molecule has 0 bridgehead atoms. The van der Waals surface area contributed by atoms with Gasteiger partial charge in [-0.2, -0.15) is 0 Å². The molecule has 0 aliphatic carbocycles. The summed E-state index contributed by atoms with van der Waals surface area (Å²) < 4.78 is 10.9. The zero-order valence-electron chi connectivity index (χ0n) is 15.9. The summed E-state index contributed by atoms with van der Waals surface area (Å²) in [6, 6.07) is 13.4. The quantitative estimate of drug-likeness (QED) is 0.335. The van der Waals surface area contributed by atoms with Crippen LogP contribution in [0.4, 0.5) is 0 Å². The van der Waals surface area contributed by atoms with Crippen LogP contribution in [0.1, 0.15) is 30.1 Å². The highest BCUT2D eigenvalue weighted by Crippen LogP contribution is 2.15. The van der Waals surface area contributed by atoms with E-state index in [1.54, 1.807) is 48.5 Å². The van der Waals surface area contributed by atoms with Gasteiger partial charge in [-0.1, -0.05) is 31.0 Å². The monoisotopic (exact) mass is 435 g/mol. The number of benzene rings is 2. The van der Waals surface area contributed by atoms with E-state index in [2.05, 4.69) is 23.1 Å². The second kappa shape index (κ2) is 11.9. The first-order valence-electron chi connectivity index (χ1n) is 8.99. The summed E-state index contributed by atoms with van der Waals surface area (Å²) in [7, 11) is 0. The smallest absolute Gasteiger partial charge is 0.276 e. The molecule has 0 atom stereocenters. The van der Waals surface area contributed by atoms with Crippen molar-refractivity contribution in [3.05, 3.63) is 59.1 Å².